The molecule has 2 aliphatic rings. The highest BCUT2D eigenvalue weighted by Gasteiger charge is 2.61. The van der Waals surface area contributed by atoms with Gasteiger partial charge in [-0.15, -0.1) is 0 Å². The van der Waals surface area contributed by atoms with Gasteiger partial charge in [0, 0.05) is 22.0 Å². The lowest BCUT2D eigenvalue weighted by Crippen LogP contribution is -2.46. The Bertz CT molecular complexity index is 606. The first-order valence-electron chi connectivity index (χ1n) is 6.28. The first kappa shape index (κ1) is 13.5. The SMILES string of the molecule is COC(=O)CN1C[C@@]2(C[C@H]2F)c2cc(Br)ccc2C1=O. The van der Waals surface area contributed by atoms with Crippen LogP contribution in [0.15, 0.2) is 22.7 Å². The number of ether oxygens (including phenoxy) is 1. The molecule has 1 aliphatic carbocycles. The highest BCUT2D eigenvalue weighted by molar-refractivity contribution is 9.10. The summed E-state index contributed by atoms with van der Waals surface area (Å²) in [6.45, 7) is 0.0882. The first-order chi connectivity index (χ1) is 9.48. The van der Waals surface area contributed by atoms with Gasteiger partial charge in [-0.05, 0) is 30.2 Å². The standard InChI is InChI=1S/C14H13BrFNO3/c1-20-12(18)6-17-7-14(5-11(14)16)10-4-8(15)2-3-9(10)13(17)19/h2-4,11H,5-7H2,1H3/t11-,14+/m1/s1. The maximum Gasteiger partial charge on any atom is 0.325 e. The van der Waals surface area contributed by atoms with Gasteiger partial charge in [0.25, 0.3) is 5.91 Å². The van der Waals surface area contributed by atoms with Gasteiger partial charge < -0.3 is 9.64 Å². The molecule has 6 heteroatoms. The molecule has 1 aromatic carbocycles. The first-order valence-corrected chi connectivity index (χ1v) is 7.07. The van der Waals surface area contributed by atoms with Gasteiger partial charge in [-0.3, -0.25) is 9.59 Å². The number of benzene rings is 1. The van der Waals surface area contributed by atoms with E-state index in [1.54, 1.807) is 12.1 Å². The van der Waals surface area contributed by atoms with E-state index in [2.05, 4.69) is 20.7 Å². The molecule has 1 heterocycles. The van der Waals surface area contributed by atoms with Crippen molar-refractivity contribution in [2.75, 3.05) is 20.2 Å². The molecule has 1 spiro atoms. The predicted molar refractivity (Wildman–Crippen MR) is 73.3 cm³/mol. The number of fused-ring (bicyclic) bond motifs is 2. The number of amides is 1. The summed E-state index contributed by atoms with van der Waals surface area (Å²) in [5.41, 5.74) is 0.565. The molecule has 106 valence electrons. The van der Waals surface area contributed by atoms with Crippen LogP contribution in [0, 0.1) is 0 Å². The molecule has 0 unspecified atom stereocenters. The molecule has 20 heavy (non-hydrogen) atoms. The number of carbonyl (C=O) groups excluding carboxylic acids is 2. The zero-order chi connectivity index (χ0) is 14.5. The molecule has 2 atom stereocenters. The Kier molecular flexibility index (Phi) is 3.08. The molecule has 1 aromatic rings. The van der Waals surface area contributed by atoms with Crippen molar-refractivity contribution < 1.29 is 18.7 Å². The summed E-state index contributed by atoms with van der Waals surface area (Å²) < 4.78 is 19.3. The van der Waals surface area contributed by atoms with Crippen LogP contribution in [0.4, 0.5) is 4.39 Å². The van der Waals surface area contributed by atoms with Crippen LogP contribution in [-0.2, 0) is 14.9 Å². The number of carbonyl (C=O) groups is 2. The second-order valence-electron chi connectivity index (χ2n) is 5.26. The summed E-state index contributed by atoms with van der Waals surface area (Å²) in [6, 6.07) is 5.24. The normalized spacial score (nSPS) is 27.4. The van der Waals surface area contributed by atoms with E-state index in [1.807, 2.05) is 6.07 Å². The lowest BCUT2D eigenvalue weighted by Gasteiger charge is -2.34. The van der Waals surface area contributed by atoms with Gasteiger partial charge in [0.2, 0.25) is 0 Å². The average Bonchev–Trinajstić information content (AvgIpc) is 3.06. The van der Waals surface area contributed by atoms with Crippen LogP contribution in [0.3, 0.4) is 0 Å². The molecule has 1 fully saturated rings. The van der Waals surface area contributed by atoms with Gasteiger partial charge in [0.1, 0.15) is 12.7 Å². The zero-order valence-corrected chi connectivity index (χ0v) is 12.4. The molecule has 0 saturated heterocycles. The highest BCUT2D eigenvalue weighted by atomic mass is 79.9. The number of methoxy groups -OCH3 is 1. The molecular formula is C14H13BrFNO3. The minimum absolute atomic E-state index is 0.140. The van der Waals surface area contributed by atoms with Crippen molar-refractivity contribution >= 4 is 27.8 Å². The fraction of sp³-hybridized carbons (Fsp3) is 0.429. The minimum atomic E-state index is -0.969. The average molecular weight is 342 g/mol. The monoisotopic (exact) mass is 341 g/mol. The van der Waals surface area contributed by atoms with E-state index in [9.17, 15) is 14.0 Å². The number of alkyl halides is 1. The van der Waals surface area contributed by atoms with E-state index in [0.717, 1.165) is 10.0 Å². The van der Waals surface area contributed by atoms with Gasteiger partial charge in [0.05, 0.1) is 7.11 Å². The van der Waals surface area contributed by atoms with E-state index in [1.165, 1.54) is 12.0 Å². The van der Waals surface area contributed by atoms with Crippen molar-refractivity contribution in [3.05, 3.63) is 33.8 Å². The predicted octanol–water partition coefficient (Wildman–Crippen LogP) is 2.06. The summed E-state index contributed by atoms with van der Waals surface area (Å²) in [7, 11) is 1.27. The van der Waals surface area contributed by atoms with Gasteiger partial charge in [-0.25, -0.2) is 4.39 Å². The van der Waals surface area contributed by atoms with Gasteiger partial charge in [-0.2, -0.15) is 0 Å². The second-order valence-corrected chi connectivity index (χ2v) is 6.17. The third-order valence-corrected chi connectivity index (χ3v) is 4.53. The quantitative estimate of drug-likeness (QED) is 0.773. The maximum absolute atomic E-state index is 13.9. The summed E-state index contributed by atoms with van der Waals surface area (Å²) in [4.78, 5) is 25.1. The minimum Gasteiger partial charge on any atom is -0.468 e. The van der Waals surface area contributed by atoms with Gasteiger partial charge in [0.15, 0.2) is 0 Å². The smallest absolute Gasteiger partial charge is 0.325 e. The lowest BCUT2D eigenvalue weighted by atomic mass is 9.86. The van der Waals surface area contributed by atoms with Crippen molar-refractivity contribution in [2.24, 2.45) is 0 Å². The molecular weight excluding hydrogens is 329 g/mol. The van der Waals surface area contributed by atoms with Crippen LogP contribution in [-0.4, -0.2) is 43.1 Å². The van der Waals surface area contributed by atoms with Crippen LogP contribution >= 0.6 is 15.9 Å². The fourth-order valence-electron chi connectivity index (χ4n) is 2.83. The van der Waals surface area contributed by atoms with Crippen LogP contribution in [0.1, 0.15) is 22.3 Å². The number of rotatable bonds is 2. The third kappa shape index (κ3) is 1.93. The Balaban J connectivity index is 2.01. The molecule has 1 aliphatic heterocycles. The molecule has 4 nitrogen and oxygen atoms in total. The maximum atomic E-state index is 13.9. The Morgan fingerprint density at radius 1 is 1.60 bits per heavy atom. The van der Waals surface area contributed by atoms with Crippen LogP contribution < -0.4 is 0 Å². The third-order valence-electron chi connectivity index (χ3n) is 4.04. The second kappa shape index (κ2) is 4.55. The van der Waals surface area contributed by atoms with Crippen LogP contribution in [0.5, 0.6) is 0 Å². The molecule has 1 amide bonds. The summed E-state index contributed by atoms with van der Waals surface area (Å²) >= 11 is 3.35. The highest BCUT2D eigenvalue weighted by Crippen LogP contribution is 2.54. The Labute approximate surface area is 124 Å². The van der Waals surface area contributed by atoms with E-state index < -0.39 is 17.6 Å². The fourth-order valence-corrected chi connectivity index (χ4v) is 3.20. The van der Waals surface area contributed by atoms with Crippen molar-refractivity contribution in [1.29, 1.82) is 0 Å². The van der Waals surface area contributed by atoms with E-state index in [0.29, 0.717) is 12.0 Å². The van der Waals surface area contributed by atoms with Crippen molar-refractivity contribution in [3.8, 4) is 0 Å². The van der Waals surface area contributed by atoms with Gasteiger partial charge >= 0.3 is 5.97 Å². The summed E-state index contributed by atoms with van der Waals surface area (Å²) in [5, 5.41) is 0. The lowest BCUT2D eigenvalue weighted by molar-refractivity contribution is -0.141. The van der Waals surface area contributed by atoms with E-state index in [4.69, 9.17) is 0 Å². The van der Waals surface area contributed by atoms with Crippen LogP contribution in [0.2, 0.25) is 0 Å². The van der Waals surface area contributed by atoms with Crippen molar-refractivity contribution in [3.63, 3.8) is 0 Å². The van der Waals surface area contributed by atoms with E-state index in [-0.39, 0.29) is 19.0 Å². The molecule has 0 bridgehead atoms. The molecule has 0 N–H and O–H groups in total. The molecule has 3 rings (SSSR count). The van der Waals surface area contributed by atoms with Crippen molar-refractivity contribution in [2.45, 2.75) is 18.0 Å². The molecule has 0 radical (unpaired) electrons. The number of hydrogen-bond acceptors (Lipinski definition) is 3. The Morgan fingerprint density at radius 2 is 2.30 bits per heavy atom. The number of nitrogens with zero attached hydrogens (tertiary/aromatic N) is 1. The molecule has 1 saturated carbocycles. The Morgan fingerprint density at radius 3 is 2.90 bits per heavy atom. The van der Waals surface area contributed by atoms with E-state index >= 15 is 0 Å². The summed E-state index contributed by atoms with van der Waals surface area (Å²) in [6.07, 6.45) is -0.578. The van der Waals surface area contributed by atoms with Gasteiger partial charge in [-0.1, -0.05) is 15.9 Å². The topological polar surface area (TPSA) is 46.6 Å². The molecule has 0 aromatic heterocycles. The number of esters is 1. The van der Waals surface area contributed by atoms with Crippen LogP contribution in [0.25, 0.3) is 0 Å². The van der Waals surface area contributed by atoms with Crippen molar-refractivity contribution in [1.82, 2.24) is 4.90 Å². The summed E-state index contributed by atoms with van der Waals surface area (Å²) in [5.74, 6) is -0.743. The zero-order valence-electron chi connectivity index (χ0n) is 10.9. The number of halogens is 2. The Hall–Kier alpha value is -1.43. The number of hydrogen-bond donors (Lipinski definition) is 0. The largest absolute Gasteiger partial charge is 0.468 e.